The molecule has 3 heterocycles. The van der Waals surface area contributed by atoms with Crippen molar-refractivity contribution in [3.63, 3.8) is 0 Å². The Bertz CT molecular complexity index is 1460. The number of ether oxygens (including phenoxy) is 2. The molecule has 0 unspecified atom stereocenters. The number of hydrogen-bond acceptors (Lipinski definition) is 13. The van der Waals surface area contributed by atoms with Crippen LogP contribution in [-0.2, 0) is 23.4 Å². The largest absolute Gasteiger partial charge is 0.465 e. The Balaban J connectivity index is 1.39. The fourth-order valence-corrected chi connectivity index (χ4v) is 5.97. The van der Waals surface area contributed by atoms with Crippen molar-refractivity contribution in [1.29, 1.82) is 0 Å². The Hall–Kier alpha value is -3.40. The fourth-order valence-electron chi connectivity index (χ4n) is 4.47. The van der Waals surface area contributed by atoms with E-state index >= 15 is 4.39 Å². The predicted molar refractivity (Wildman–Crippen MR) is 147 cm³/mol. The van der Waals surface area contributed by atoms with E-state index in [4.69, 9.17) is 24.3 Å². The summed E-state index contributed by atoms with van der Waals surface area (Å²) in [5.74, 6) is -0.281. The van der Waals surface area contributed by atoms with Gasteiger partial charge in [-0.15, -0.1) is 0 Å². The molecule has 17 heteroatoms. The van der Waals surface area contributed by atoms with Crippen molar-refractivity contribution in [1.82, 2.24) is 24.6 Å². The number of halogens is 1. The molecule has 42 heavy (non-hydrogen) atoms. The molecule has 2 aliphatic rings. The standard InChI is InChI=1S/C25H33FN7O8P/c1-3-38-22(36)14(2)32-42(37,41-16-7-5-4-6-8-16)39-11-17-19(35)25(26,12-34)23(40-17)33-13-28-18-20(29-15-9-10-15)30-24(27)31-21(18)33/h4-8,13-15,17,19,23,34-35H,3,9-12H2,1-2H3,(H,32,37)(H3,27,29,30,31)/t14-,17+,19+,23+,25+,42+/m0/s1. The molecule has 6 N–H and O–H groups in total. The lowest BCUT2D eigenvalue weighted by Gasteiger charge is -2.27. The zero-order valence-corrected chi connectivity index (χ0v) is 23.8. The van der Waals surface area contributed by atoms with Gasteiger partial charge in [-0.2, -0.15) is 15.1 Å². The summed E-state index contributed by atoms with van der Waals surface area (Å²) in [6, 6.07) is 7.14. The molecular weight excluding hydrogens is 576 g/mol. The number of aliphatic hydroxyl groups excluding tert-OH is 2. The molecule has 1 saturated carbocycles. The SMILES string of the molecule is CCOC(=O)[C@H](C)N[P@@](=O)(OC[C@H]1O[C@@H](n2cnc3c(NC4CC4)nc(N)nc32)[C@@](F)(CO)[C@@H]1O)Oc1ccccc1. The predicted octanol–water partition coefficient (Wildman–Crippen LogP) is 1.69. The van der Waals surface area contributed by atoms with E-state index in [-0.39, 0.29) is 30.0 Å². The number of benzene rings is 1. The maximum atomic E-state index is 16.2. The second kappa shape index (κ2) is 12.1. The van der Waals surface area contributed by atoms with E-state index < -0.39 is 57.1 Å². The van der Waals surface area contributed by atoms with E-state index in [1.165, 1.54) is 30.0 Å². The topological polar surface area (TPSA) is 205 Å². The molecule has 6 atom stereocenters. The molecule has 2 aromatic heterocycles. The van der Waals surface area contributed by atoms with Gasteiger partial charge >= 0.3 is 13.7 Å². The quantitative estimate of drug-likeness (QED) is 0.138. The normalized spacial score (nSPS) is 26.1. The highest BCUT2D eigenvalue weighted by atomic mass is 31.2. The van der Waals surface area contributed by atoms with Gasteiger partial charge in [-0.3, -0.25) is 13.9 Å². The van der Waals surface area contributed by atoms with Gasteiger partial charge in [0.1, 0.15) is 24.0 Å². The molecule has 0 bridgehead atoms. The molecule has 0 radical (unpaired) electrons. The number of carbonyl (C=O) groups excluding carboxylic acids is 1. The Kier molecular flexibility index (Phi) is 8.64. The fraction of sp³-hybridized carbons (Fsp3) is 0.520. The summed E-state index contributed by atoms with van der Waals surface area (Å²) in [5, 5.41) is 26.7. The number of imidazole rings is 1. The van der Waals surface area contributed by atoms with Gasteiger partial charge in [-0.1, -0.05) is 18.2 Å². The zero-order chi connectivity index (χ0) is 30.1. The third-order valence-electron chi connectivity index (χ3n) is 6.78. The molecule has 1 aliphatic carbocycles. The number of nitrogen functional groups attached to an aromatic ring is 1. The first-order valence-corrected chi connectivity index (χ1v) is 14.9. The van der Waals surface area contributed by atoms with E-state index in [9.17, 15) is 19.6 Å². The monoisotopic (exact) mass is 609 g/mol. The van der Waals surface area contributed by atoms with Crippen LogP contribution < -0.4 is 20.7 Å². The molecule has 1 aliphatic heterocycles. The molecular formula is C25H33FN7O8P. The minimum Gasteiger partial charge on any atom is -0.465 e. The summed E-state index contributed by atoms with van der Waals surface area (Å²) in [7, 11) is -4.34. The van der Waals surface area contributed by atoms with Crippen molar-refractivity contribution < 1.29 is 42.5 Å². The zero-order valence-electron chi connectivity index (χ0n) is 22.9. The maximum absolute atomic E-state index is 16.2. The van der Waals surface area contributed by atoms with Crippen LogP contribution in [0.3, 0.4) is 0 Å². The van der Waals surface area contributed by atoms with Crippen LogP contribution in [0.1, 0.15) is 32.9 Å². The van der Waals surface area contributed by atoms with Gasteiger partial charge in [0.2, 0.25) is 11.6 Å². The van der Waals surface area contributed by atoms with Gasteiger partial charge in [-0.05, 0) is 38.8 Å². The van der Waals surface area contributed by atoms with E-state index in [0.717, 1.165) is 12.8 Å². The average Bonchev–Trinajstić information content (AvgIpc) is 3.62. The van der Waals surface area contributed by atoms with Crippen LogP contribution in [0.2, 0.25) is 0 Å². The first kappa shape index (κ1) is 30.1. The lowest BCUT2D eigenvalue weighted by atomic mass is 9.97. The highest BCUT2D eigenvalue weighted by Crippen LogP contribution is 2.48. The highest BCUT2D eigenvalue weighted by Gasteiger charge is 2.59. The Morgan fingerprint density at radius 1 is 1.33 bits per heavy atom. The van der Waals surface area contributed by atoms with Gasteiger partial charge in [0.15, 0.2) is 23.2 Å². The number of nitrogens with zero attached hydrogens (tertiary/aromatic N) is 4. The maximum Gasteiger partial charge on any atom is 0.459 e. The number of carbonyl (C=O) groups is 1. The van der Waals surface area contributed by atoms with E-state index in [1.54, 1.807) is 25.1 Å². The van der Waals surface area contributed by atoms with Crippen LogP contribution >= 0.6 is 7.75 Å². The molecule has 3 aromatic rings. The molecule has 1 saturated heterocycles. The van der Waals surface area contributed by atoms with Crippen LogP contribution in [0, 0.1) is 0 Å². The second-order valence-corrected chi connectivity index (χ2v) is 11.7. The third kappa shape index (κ3) is 6.19. The van der Waals surface area contributed by atoms with Crippen molar-refractivity contribution >= 4 is 36.6 Å². The smallest absolute Gasteiger partial charge is 0.459 e. The van der Waals surface area contributed by atoms with E-state index in [0.29, 0.717) is 11.3 Å². The number of anilines is 2. The van der Waals surface area contributed by atoms with Crippen LogP contribution in [0.15, 0.2) is 36.7 Å². The van der Waals surface area contributed by atoms with Crippen LogP contribution in [0.4, 0.5) is 16.2 Å². The Morgan fingerprint density at radius 3 is 2.74 bits per heavy atom. The summed E-state index contributed by atoms with van der Waals surface area (Å²) in [4.78, 5) is 24.9. The number of fused-ring (bicyclic) bond motifs is 1. The number of alkyl halides is 1. The number of para-hydroxylation sites is 1. The summed E-state index contributed by atoms with van der Waals surface area (Å²) in [6.07, 6.45) is -1.86. The first-order valence-electron chi connectivity index (χ1n) is 13.4. The number of nitrogens with two attached hydrogens (primary N) is 1. The lowest BCUT2D eigenvalue weighted by molar-refractivity contribution is -0.144. The second-order valence-electron chi connectivity index (χ2n) is 10.0. The average molecular weight is 610 g/mol. The number of aromatic nitrogens is 4. The Labute approximate surface area is 240 Å². The van der Waals surface area contributed by atoms with Crippen molar-refractivity contribution in [3.05, 3.63) is 36.7 Å². The number of aliphatic hydroxyl groups is 2. The van der Waals surface area contributed by atoms with Crippen molar-refractivity contribution in [2.45, 2.75) is 62.9 Å². The lowest BCUT2D eigenvalue weighted by Crippen LogP contribution is -2.46. The van der Waals surface area contributed by atoms with Crippen molar-refractivity contribution in [2.24, 2.45) is 0 Å². The highest BCUT2D eigenvalue weighted by molar-refractivity contribution is 7.52. The van der Waals surface area contributed by atoms with Crippen molar-refractivity contribution in [3.8, 4) is 5.75 Å². The number of esters is 1. The summed E-state index contributed by atoms with van der Waals surface area (Å²) < 4.78 is 53.1. The van der Waals surface area contributed by atoms with Gasteiger partial charge in [0.25, 0.3) is 0 Å². The van der Waals surface area contributed by atoms with E-state index in [2.05, 4.69) is 25.4 Å². The van der Waals surface area contributed by atoms with Gasteiger partial charge in [-0.25, -0.2) is 13.9 Å². The van der Waals surface area contributed by atoms with Crippen LogP contribution in [0.5, 0.6) is 5.75 Å². The van der Waals surface area contributed by atoms with Gasteiger partial charge in [0, 0.05) is 6.04 Å². The van der Waals surface area contributed by atoms with Gasteiger partial charge < -0.3 is 35.3 Å². The summed E-state index contributed by atoms with van der Waals surface area (Å²) >= 11 is 0. The van der Waals surface area contributed by atoms with Crippen molar-refractivity contribution in [2.75, 3.05) is 30.9 Å². The molecule has 15 nitrogen and oxygen atoms in total. The van der Waals surface area contributed by atoms with Crippen LogP contribution in [0.25, 0.3) is 11.2 Å². The number of rotatable bonds is 13. The molecule has 0 amide bonds. The molecule has 0 spiro atoms. The van der Waals surface area contributed by atoms with E-state index in [1.807, 2.05) is 0 Å². The third-order valence-corrected chi connectivity index (χ3v) is 8.42. The summed E-state index contributed by atoms with van der Waals surface area (Å²) in [6.45, 7) is 1.32. The van der Waals surface area contributed by atoms with Gasteiger partial charge in [0.05, 0.1) is 26.1 Å². The number of nitrogens with one attached hydrogen (secondary N) is 2. The Morgan fingerprint density at radius 2 is 2.07 bits per heavy atom. The summed E-state index contributed by atoms with van der Waals surface area (Å²) in [5.41, 5.74) is 3.56. The molecule has 1 aromatic carbocycles. The molecule has 5 rings (SSSR count). The molecule has 228 valence electrons. The minimum absolute atomic E-state index is 0.0937. The number of hydrogen-bond donors (Lipinski definition) is 5. The molecule has 2 fully saturated rings. The van der Waals surface area contributed by atoms with Crippen LogP contribution in [-0.4, -0.2) is 85.5 Å². The minimum atomic E-state index is -4.34. The first-order chi connectivity index (χ1) is 20.1.